The van der Waals surface area contributed by atoms with E-state index in [1.165, 1.54) is 12.1 Å². The summed E-state index contributed by atoms with van der Waals surface area (Å²) in [5.41, 5.74) is -1.04. The SMILES string of the molecule is O=[N+]([O-])c1ccc2nc(-c3c(F)c(F)c(F)c(F)c3F)cc(-c3ccccc3)c2c1. The lowest BCUT2D eigenvalue weighted by molar-refractivity contribution is -0.384. The number of hydrogen-bond donors (Lipinski definition) is 0. The molecular formula is C21H9F5N2O2. The molecule has 0 aliphatic carbocycles. The van der Waals surface area contributed by atoms with Crippen molar-refractivity contribution >= 4 is 16.6 Å². The van der Waals surface area contributed by atoms with E-state index in [1.807, 2.05) is 0 Å². The Morgan fingerprint density at radius 3 is 1.97 bits per heavy atom. The van der Waals surface area contributed by atoms with Gasteiger partial charge in [-0.2, -0.15) is 0 Å². The molecule has 0 N–H and O–H groups in total. The van der Waals surface area contributed by atoms with Gasteiger partial charge in [0.2, 0.25) is 5.82 Å². The smallest absolute Gasteiger partial charge is 0.258 e. The number of benzene rings is 3. The minimum Gasteiger partial charge on any atom is -0.258 e. The molecule has 0 aliphatic rings. The van der Waals surface area contributed by atoms with E-state index < -0.39 is 45.3 Å². The second kappa shape index (κ2) is 7.18. The second-order valence-electron chi connectivity index (χ2n) is 6.32. The summed E-state index contributed by atoms with van der Waals surface area (Å²) in [6, 6.07) is 13.1. The van der Waals surface area contributed by atoms with Crippen molar-refractivity contribution in [2.24, 2.45) is 0 Å². The average molecular weight is 416 g/mol. The molecule has 0 saturated carbocycles. The number of nitrogens with zero attached hydrogens (tertiary/aromatic N) is 2. The number of hydrogen-bond acceptors (Lipinski definition) is 3. The van der Waals surface area contributed by atoms with E-state index in [9.17, 15) is 32.1 Å². The van der Waals surface area contributed by atoms with Gasteiger partial charge in [0.25, 0.3) is 5.69 Å². The van der Waals surface area contributed by atoms with E-state index in [2.05, 4.69) is 4.98 Å². The fourth-order valence-electron chi connectivity index (χ4n) is 3.14. The number of non-ortho nitro benzene ring substituents is 1. The van der Waals surface area contributed by atoms with Crippen molar-refractivity contribution < 1.29 is 26.9 Å². The zero-order chi connectivity index (χ0) is 21.6. The van der Waals surface area contributed by atoms with Gasteiger partial charge in [-0.25, -0.2) is 26.9 Å². The van der Waals surface area contributed by atoms with Gasteiger partial charge < -0.3 is 0 Å². The third-order valence-electron chi connectivity index (χ3n) is 4.55. The first-order valence-electron chi connectivity index (χ1n) is 8.46. The Hall–Kier alpha value is -3.88. The molecule has 9 heteroatoms. The maximum Gasteiger partial charge on any atom is 0.270 e. The Kier molecular flexibility index (Phi) is 4.65. The van der Waals surface area contributed by atoms with Gasteiger partial charge in [-0.05, 0) is 23.3 Å². The molecule has 4 aromatic rings. The molecule has 1 aromatic heterocycles. The average Bonchev–Trinajstić information content (AvgIpc) is 2.76. The molecule has 0 spiro atoms. The van der Waals surface area contributed by atoms with Crippen molar-refractivity contribution in [1.82, 2.24) is 4.98 Å². The predicted molar refractivity (Wildman–Crippen MR) is 99.1 cm³/mol. The van der Waals surface area contributed by atoms with Crippen LogP contribution < -0.4 is 0 Å². The number of fused-ring (bicyclic) bond motifs is 1. The molecule has 3 aromatic carbocycles. The van der Waals surface area contributed by atoms with Crippen LogP contribution in [0.4, 0.5) is 27.6 Å². The maximum absolute atomic E-state index is 14.3. The van der Waals surface area contributed by atoms with Crippen LogP contribution in [0.1, 0.15) is 0 Å². The van der Waals surface area contributed by atoms with Crippen LogP contribution in [-0.2, 0) is 0 Å². The van der Waals surface area contributed by atoms with E-state index >= 15 is 0 Å². The zero-order valence-corrected chi connectivity index (χ0v) is 14.8. The Balaban J connectivity index is 2.10. The number of nitro benzene ring substituents is 1. The van der Waals surface area contributed by atoms with Crippen molar-refractivity contribution in [3.8, 4) is 22.4 Å². The summed E-state index contributed by atoms with van der Waals surface area (Å²) in [5.74, 6) is -10.5. The molecule has 0 radical (unpaired) electrons. The summed E-state index contributed by atoms with van der Waals surface area (Å²) in [5, 5.41) is 11.4. The van der Waals surface area contributed by atoms with Crippen LogP contribution in [0.2, 0.25) is 0 Å². The van der Waals surface area contributed by atoms with Crippen LogP contribution in [0.15, 0.2) is 54.6 Å². The number of nitro groups is 1. The first kappa shape index (κ1) is 19.4. The number of rotatable bonds is 3. The van der Waals surface area contributed by atoms with E-state index in [1.54, 1.807) is 30.3 Å². The topological polar surface area (TPSA) is 56.0 Å². The lowest BCUT2D eigenvalue weighted by atomic mass is 9.97. The molecule has 4 rings (SSSR count). The van der Waals surface area contributed by atoms with Crippen LogP contribution in [0.3, 0.4) is 0 Å². The van der Waals surface area contributed by atoms with E-state index in [0.29, 0.717) is 5.56 Å². The molecule has 0 saturated heterocycles. The van der Waals surface area contributed by atoms with Gasteiger partial charge in [-0.3, -0.25) is 10.1 Å². The Bertz CT molecular complexity index is 1300. The summed E-state index contributed by atoms with van der Waals surface area (Å²) in [6.07, 6.45) is 0. The number of halogens is 5. The fourth-order valence-corrected chi connectivity index (χ4v) is 3.14. The van der Waals surface area contributed by atoms with Crippen molar-refractivity contribution in [2.45, 2.75) is 0 Å². The van der Waals surface area contributed by atoms with Crippen molar-refractivity contribution in [3.05, 3.63) is 93.8 Å². The predicted octanol–water partition coefficient (Wildman–Crippen LogP) is 6.17. The summed E-state index contributed by atoms with van der Waals surface area (Å²) in [6.45, 7) is 0. The standard InChI is InChI=1S/C21H9F5N2O2/c22-17-16(18(23)20(25)21(26)19(17)24)15-9-12(10-4-2-1-3-5-10)13-8-11(28(29)30)6-7-14(13)27-15/h1-9H. The summed E-state index contributed by atoms with van der Waals surface area (Å²) < 4.78 is 69.5. The lowest BCUT2D eigenvalue weighted by Gasteiger charge is -2.12. The van der Waals surface area contributed by atoms with Gasteiger partial charge >= 0.3 is 0 Å². The highest BCUT2D eigenvalue weighted by molar-refractivity contribution is 5.97. The van der Waals surface area contributed by atoms with Crippen LogP contribution >= 0.6 is 0 Å². The Labute approximate surface area is 165 Å². The quantitative estimate of drug-likeness (QED) is 0.132. The van der Waals surface area contributed by atoms with Gasteiger partial charge in [0, 0.05) is 17.5 Å². The molecule has 0 bridgehead atoms. The lowest BCUT2D eigenvalue weighted by Crippen LogP contribution is -2.05. The van der Waals surface area contributed by atoms with Crippen LogP contribution in [0, 0.1) is 39.2 Å². The van der Waals surface area contributed by atoms with E-state index in [4.69, 9.17) is 0 Å². The van der Waals surface area contributed by atoms with Gasteiger partial charge in [-0.1, -0.05) is 30.3 Å². The Morgan fingerprint density at radius 1 is 0.767 bits per heavy atom. The molecule has 150 valence electrons. The monoisotopic (exact) mass is 416 g/mol. The highest BCUT2D eigenvalue weighted by Crippen LogP contribution is 2.37. The van der Waals surface area contributed by atoms with Gasteiger partial charge in [0.15, 0.2) is 23.3 Å². The van der Waals surface area contributed by atoms with Crippen molar-refractivity contribution in [1.29, 1.82) is 0 Å². The summed E-state index contributed by atoms with van der Waals surface area (Å²) in [7, 11) is 0. The highest BCUT2D eigenvalue weighted by atomic mass is 19.2. The fraction of sp³-hybridized carbons (Fsp3) is 0. The Morgan fingerprint density at radius 2 is 1.37 bits per heavy atom. The first-order valence-corrected chi connectivity index (χ1v) is 8.46. The van der Waals surface area contributed by atoms with Gasteiger partial charge in [0.1, 0.15) is 0 Å². The molecular weight excluding hydrogens is 407 g/mol. The molecule has 0 unspecified atom stereocenters. The molecule has 0 aliphatic heterocycles. The summed E-state index contributed by atoms with van der Waals surface area (Å²) in [4.78, 5) is 14.5. The van der Waals surface area contributed by atoms with Crippen LogP contribution in [-0.4, -0.2) is 9.91 Å². The molecule has 0 atom stereocenters. The van der Waals surface area contributed by atoms with Gasteiger partial charge in [-0.15, -0.1) is 0 Å². The zero-order valence-electron chi connectivity index (χ0n) is 14.8. The van der Waals surface area contributed by atoms with E-state index in [-0.39, 0.29) is 22.2 Å². The van der Waals surface area contributed by atoms with Crippen LogP contribution in [0.25, 0.3) is 33.3 Å². The maximum atomic E-state index is 14.3. The molecule has 30 heavy (non-hydrogen) atoms. The van der Waals surface area contributed by atoms with Gasteiger partial charge in [0.05, 0.1) is 21.7 Å². The molecule has 0 amide bonds. The summed E-state index contributed by atoms with van der Waals surface area (Å²) >= 11 is 0. The minimum absolute atomic E-state index is 0.0842. The molecule has 4 nitrogen and oxygen atoms in total. The highest BCUT2D eigenvalue weighted by Gasteiger charge is 2.28. The second-order valence-corrected chi connectivity index (χ2v) is 6.32. The van der Waals surface area contributed by atoms with Crippen molar-refractivity contribution in [3.63, 3.8) is 0 Å². The number of pyridine rings is 1. The van der Waals surface area contributed by atoms with Crippen molar-refractivity contribution in [2.75, 3.05) is 0 Å². The minimum atomic E-state index is -2.27. The number of aromatic nitrogens is 1. The van der Waals surface area contributed by atoms with E-state index in [0.717, 1.165) is 12.1 Å². The normalized spacial score (nSPS) is 11.1. The molecule has 1 heterocycles. The third kappa shape index (κ3) is 3.04. The first-order chi connectivity index (χ1) is 14.3. The van der Waals surface area contributed by atoms with Crippen LogP contribution in [0.5, 0.6) is 0 Å². The largest absolute Gasteiger partial charge is 0.270 e. The third-order valence-corrected chi connectivity index (χ3v) is 4.55. The molecule has 0 fully saturated rings.